The summed E-state index contributed by atoms with van der Waals surface area (Å²) in [6.07, 6.45) is 1.67. The summed E-state index contributed by atoms with van der Waals surface area (Å²) in [5.41, 5.74) is -0.209. The van der Waals surface area contributed by atoms with Crippen molar-refractivity contribution in [3.8, 4) is 5.88 Å². The molecule has 1 N–H and O–H groups in total. The predicted molar refractivity (Wildman–Crippen MR) is 62.8 cm³/mol. The average molecular weight is 225 g/mol. The van der Waals surface area contributed by atoms with Gasteiger partial charge in [-0.15, -0.1) is 0 Å². The van der Waals surface area contributed by atoms with E-state index < -0.39 is 0 Å². The first-order valence-corrected chi connectivity index (χ1v) is 5.30. The quantitative estimate of drug-likeness (QED) is 0.798. The van der Waals surface area contributed by atoms with Gasteiger partial charge in [-0.1, -0.05) is 0 Å². The van der Waals surface area contributed by atoms with E-state index in [0.29, 0.717) is 25.0 Å². The number of aromatic nitrogens is 2. The van der Waals surface area contributed by atoms with E-state index in [1.54, 1.807) is 19.4 Å². The van der Waals surface area contributed by atoms with Crippen molar-refractivity contribution in [2.24, 2.45) is 0 Å². The zero-order valence-electron chi connectivity index (χ0n) is 10.3. The third-order valence-corrected chi connectivity index (χ3v) is 1.88. The first kappa shape index (κ1) is 12.7. The Morgan fingerprint density at radius 1 is 1.44 bits per heavy atom. The number of methoxy groups -OCH3 is 1. The molecule has 1 rings (SSSR count). The topological polar surface area (TPSA) is 56.3 Å². The van der Waals surface area contributed by atoms with Gasteiger partial charge in [0.15, 0.2) is 0 Å². The summed E-state index contributed by atoms with van der Waals surface area (Å²) in [4.78, 5) is 8.36. The molecule has 0 fully saturated rings. The largest absolute Gasteiger partial charge is 0.478 e. The maximum absolute atomic E-state index is 5.30. The summed E-state index contributed by atoms with van der Waals surface area (Å²) in [6.45, 7) is 7.14. The molecule has 5 heteroatoms. The Bertz CT molecular complexity index is 329. The first-order chi connectivity index (χ1) is 7.57. The highest BCUT2D eigenvalue weighted by Crippen LogP contribution is 2.13. The van der Waals surface area contributed by atoms with Gasteiger partial charge in [-0.3, -0.25) is 0 Å². The molecule has 90 valence electrons. The SMILES string of the molecule is CCOc1ccnc(NC(C)(C)COC)n1. The second-order valence-electron chi connectivity index (χ2n) is 4.09. The molecule has 0 unspecified atom stereocenters. The van der Waals surface area contributed by atoms with Crippen molar-refractivity contribution in [1.29, 1.82) is 0 Å². The highest BCUT2D eigenvalue weighted by atomic mass is 16.5. The van der Waals surface area contributed by atoms with Crippen LogP contribution in [0.3, 0.4) is 0 Å². The Kier molecular flexibility index (Phi) is 4.49. The third-order valence-electron chi connectivity index (χ3n) is 1.88. The van der Waals surface area contributed by atoms with Gasteiger partial charge in [0.25, 0.3) is 0 Å². The molecule has 5 nitrogen and oxygen atoms in total. The molecular formula is C11H19N3O2. The second kappa shape index (κ2) is 5.65. The molecule has 1 aromatic rings. The van der Waals surface area contributed by atoms with E-state index in [1.165, 1.54) is 0 Å². The Morgan fingerprint density at radius 2 is 2.19 bits per heavy atom. The lowest BCUT2D eigenvalue weighted by atomic mass is 10.1. The van der Waals surface area contributed by atoms with Gasteiger partial charge in [0.1, 0.15) is 0 Å². The van der Waals surface area contributed by atoms with Crippen LogP contribution >= 0.6 is 0 Å². The van der Waals surface area contributed by atoms with Gasteiger partial charge in [-0.05, 0) is 20.8 Å². The lowest BCUT2D eigenvalue weighted by molar-refractivity contribution is 0.157. The van der Waals surface area contributed by atoms with E-state index in [4.69, 9.17) is 9.47 Å². The molecule has 1 heterocycles. The van der Waals surface area contributed by atoms with Gasteiger partial charge in [0.05, 0.1) is 18.8 Å². The Hall–Kier alpha value is -1.36. The molecule has 0 radical (unpaired) electrons. The van der Waals surface area contributed by atoms with Crippen molar-refractivity contribution in [1.82, 2.24) is 9.97 Å². The summed E-state index contributed by atoms with van der Waals surface area (Å²) in [5.74, 6) is 1.13. The van der Waals surface area contributed by atoms with Crippen LogP contribution in [0.4, 0.5) is 5.95 Å². The number of hydrogen-bond donors (Lipinski definition) is 1. The van der Waals surface area contributed by atoms with Crippen LogP contribution in [-0.2, 0) is 4.74 Å². The number of ether oxygens (including phenoxy) is 2. The lowest BCUT2D eigenvalue weighted by Gasteiger charge is -2.25. The summed E-state index contributed by atoms with van der Waals surface area (Å²) in [7, 11) is 1.67. The van der Waals surface area contributed by atoms with Gasteiger partial charge >= 0.3 is 0 Å². The lowest BCUT2D eigenvalue weighted by Crippen LogP contribution is -2.36. The normalized spacial score (nSPS) is 11.2. The third kappa shape index (κ3) is 4.02. The van der Waals surface area contributed by atoms with Crippen LogP contribution in [0.25, 0.3) is 0 Å². The second-order valence-corrected chi connectivity index (χ2v) is 4.09. The van der Waals surface area contributed by atoms with Crippen molar-refractivity contribution in [3.63, 3.8) is 0 Å². The molecule has 1 aromatic heterocycles. The smallest absolute Gasteiger partial charge is 0.226 e. The van der Waals surface area contributed by atoms with E-state index in [0.717, 1.165) is 0 Å². The maximum Gasteiger partial charge on any atom is 0.226 e. The number of hydrogen-bond acceptors (Lipinski definition) is 5. The fourth-order valence-corrected chi connectivity index (χ4v) is 1.33. The summed E-state index contributed by atoms with van der Waals surface area (Å²) in [6, 6.07) is 1.73. The van der Waals surface area contributed by atoms with Crippen LogP contribution in [0.15, 0.2) is 12.3 Å². The highest BCUT2D eigenvalue weighted by molar-refractivity contribution is 5.30. The monoisotopic (exact) mass is 225 g/mol. The summed E-state index contributed by atoms with van der Waals surface area (Å²) >= 11 is 0. The molecular weight excluding hydrogens is 206 g/mol. The van der Waals surface area contributed by atoms with Gasteiger partial charge < -0.3 is 14.8 Å². The van der Waals surface area contributed by atoms with Crippen LogP contribution in [0, 0.1) is 0 Å². The highest BCUT2D eigenvalue weighted by Gasteiger charge is 2.18. The van der Waals surface area contributed by atoms with Gasteiger partial charge in [0, 0.05) is 19.4 Å². The Morgan fingerprint density at radius 3 is 2.81 bits per heavy atom. The summed E-state index contributed by atoms with van der Waals surface area (Å²) < 4.78 is 10.4. The van der Waals surface area contributed by atoms with Gasteiger partial charge in [0.2, 0.25) is 11.8 Å². The molecule has 0 aliphatic rings. The zero-order chi connectivity index (χ0) is 12.0. The molecule has 0 aliphatic carbocycles. The maximum atomic E-state index is 5.30. The van der Waals surface area contributed by atoms with Crippen molar-refractivity contribution in [3.05, 3.63) is 12.3 Å². The molecule has 16 heavy (non-hydrogen) atoms. The fourth-order valence-electron chi connectivity index (χ4n) is 1.33. The minimum absolute atomic E-state index is 0.209. The van der Waals surface area contributed by atoms with Crippen LogP contribution in [-0.4, -0.2) is 35.8 Å². The van der Waals surface area contributed by atoms with Crippen LogP contribution in [0.2, 0.25) is 0 Å². The first-order valence-electron chi connectivity index (χ1n) is 5.30. The predicted octanol–water partition coefficient (Wildman–Crippen LogP) is 1.71. The van der Waals surface area contributed by atoms with Crippen LogP contribution in [0.5, 0.6) is 5.88 Å². The van der Waals surface area contributed by atoms with Crippen LogP contribution < -0.4 is 10.1 Å². The van der Waals surface area contributed by atoms with E-state index in [1.807, 2.05) is 20.8 Å². The van der Waals surface area contributed by atoms with Crippen molar-refractivity contribution in [2.45, 2.75) is 26.3 Å². The number of nitrogens with one attached hydrogen (secondary N) is 1. The van der Waals surface area contributed by atoms with Gasteiger partial charge in [-0.25, -0.2) is 4.98 Å². The molecule has 0 saturated heterocycles. The van der Waals surface area contributed by atoms with Crippen molar-refractivity contribution < 1.29 is 9.47 Å². The molecule has 0 bridgehead atoms. The summed E-state index contributed by atoms with van der Waals surface area (Å²) in [5, 5.41) is 3.19. The average Bonchev–Trinajstić information content (AvgIpc) is 2.17. The zero-order valence-corrected chi connectivity index (χ0v) is 10.3. The standard InChI is InChI=1S/C11H19N3O2/c1-5-16-9-6-7-12-10(13-9)14-11(2,3)8-15-4/h6-7H,5,8H2,1-4H3,(H,12,13,14). The fraction of sp³-hybridized carbons (Fsp3) is 0.636. The van der Waals surface area contributed by atoms with E-state index in [9.17, 15) is 0 Å². The number of anilines is 1. The molecule has 0 spiro atoms. The molecule has 0 amide bonds. The molecule has 0 aromatic carbocycles. The van der Waals surface area contributed by atoms with Crippen LogP contribution in [0.1, 0.15) is 20.8 Å². The number of nitrogens with zero attached hydrogens (tertiary/aromatic N) is 2. The van der Waals surface area contributed by atoms with Crippen molar-refractivity contribution >= 4 is 5.95 Å². The van der Waals surface area contributed by atoms with E-state index in [-0.39, 0.29) is 5.54 Å². The van der Waals surface area contributed by atoms with E-state index in [2.05, 4.69) is 15.3 Å². The molecule has 0 saturated carbocycles. The van der Waals surface area contributed by atoms with Gasteiger partial charge in [-0.2, -0.15) is 4.98 Å². The molecule has 0 atom stereocenters. The molecule has 0 aliphatic heterocycles. The minimum Gasteiger partial charge on any atom is -0.478 e. The minimum atomic E-state index is -0.209. The number of rotatable bonds is 6. The van der Waals surface area contributed by atoms with E-state index >= 15 is 0 Å². The Balaban J connectivity index is 2.69. The Labute approximate surface area is 96.2 Å². The van der Waals surface area contributed by atoms with Crippen molar-refractivity contribution in [2.75, 3.05) is 25.6 Å².